The Hall–Kier alpha value is -1.03. The summed E-state index contributed by atoms with van der Waals surface area (Å²) in [5, 5.41) is 2.02. The summed E-state index contributed by atoms with van der Waals surface area (Å²) in [6.45, 7) is 0. The molecule has 0 aliphatic carbocycles. The number of hydrogen-bond acceptors (Lipinski definition) is 6. The van der Waals surface area contributed by atoms with Gasteiger partial charge < -0.3 is 5.73 Å². The van der Waals surface area contributed by atoms with Gasteiger partial charge in [-0.2, -0.15) is 0 Å². The van der Waals surface area contributed by atoms with Crippen LogP contribution in [0.5, 0.6) is 0 Å². The summed E-state index contributed by atoms with van der Waals surface area (Å²) in [5.41, 5.74) is 5.42. The zero-order chi connectivity index (χ0) is 12.5. The maximum absolute atomic E-state index is 11.9. The maximum atomic E-state index is 11.9. The molecule has 5 nitrogen and oxygen atoms in total. The number of hydrogen-bond donors (Lipinski definition) is 2. The molecule has 0 spiro atoms. The maximum Gasteiger partial charge on any atom is 0.273 e. The van der Waals surface area contributed by atoms with E-state index in [1.165, 1.54) is 23.6 Å². The lowest BCUT2D eigenvalue weighted by Gasteiger charge is -2.01. The van der Waals surface area contributed by atoms with E-state index in [0.29, 0.717) is 10.0 Å². The first kappa shape index (κ1) is 12.4. The molecule has 2 aromatic rings. The monoisotopic (exact) mass is 305 g/mol. The summed E-state index contributed by atoms with van der Waals surface area (Å²) in [4.78, 5) is 4.61. The van der Waals surface area contributed by atoms with Crippen molar-refractivity contribution in [3.63, 3.8) is 0 Å². The minimum atomic E-state index is -3.59. The third kappa shape index (κ3) is 2.80. The fourth-order valence-electron chi connectivity index (χ4n) is 1.04. The number of aromatic nitrogens is 1. The van der Waals surface area contributed by atoms with Crippen molar-refractivity contribution in [2.75, 3.05) is 4.72 Å². The average molecular weight is 305 g/mol. The van der Waals surface area contributed by atoms with Crippen molar-refractivity contribution in [1.82, 2.24) is 4.98 Å². The first-order valence-electron chi connectivity index (χ1n) is 4.31. The lowest BCUT2D eigenvalue weighted by Crippen LogP contribution is -2.11. The Labute approximate surface area is 111 Å². The van der Waals surface area contributed by atoms with Gasteiger partial charge in [-0.1, -0.05) is 12.2 Å². The first-order valence-corrected chi connectivity index (χ1v) is 7.90. The first-order chi connectivity index (χ1) is 7.99. The Morgan fingerprint density at radius 1 is 1.47 bits per heavy atom. The Bertz CT molecular complexity index is 630. The van der Waals surface area contributed by atoms with Crippen LogP contribution in [0.2, 0.25) is 0 Å². The molecule has 90 valence electrons. The number of nitrogens with two attached hydrogens (primary N) is 1. The zero-order valence-electron chi connectivity index (χ0n) is 8.28. The molecule has 3 N–H and O–H groups in total. The van der Waals surface area contributed by atoms with Gasteiger partial charge in [-0.25, -0.2) is 13.4 Å². The molecule has 0 unspecified atom stereocenters. The van der Waals surface area contributed by atoms with Crippen molar-refractivity contribution in [2.45, 2.75) is 4.21 Å². The third-order valence-corrected chi connectivity index (χ3v) is 5.86. The van der Waals surface area contributed by atoms with Crippen LogP contribution in [0.1, 0.15) is 4.88 Å². The highest BCUT2D eigenvalue weighted by molar-refractivity contribution is 7.95. The molecular weight excluding hydrogens is 298 g/mol. The van der Waals surface area contributed by atoms with Gasteiger partial charge in [0.15, 0.2) is 5.13 Å². The van der Waals surface area contributed by atoms with Crippen molar-refractivity contribution in [2.24, 2.45) is 5.73 Å². The molecule has 0 aliphatic rings. The number of thiocarbonyl (C=S) groups is 1. The molecule has 0 aliphatic heterocycles. The number of thiazole rings is 1. The van der Waals surface area contributed by atoms with Crippen LogP contribution in [0.15, 0.2) is 27.9 Å². The molecule has 0 bridgehead atoms. The fourth-order valence-corrected chi connectivity index (χ4v) is 4.18. The number of nitrogens with one attached hydrogen (secondary N) is 1. The quantitative estimate of drug-likeness (QED) is 0.839. The molecule has 2 heterocycles. The summed E-state index contributed by atoms with van der Waals surface area (Å²) >= 11 is 7.02. The van der Waals surface area contributed by atoms with Crippen molar-refractivity contribution >= 4 is 55.0 Å². The van der Waals surface area contributed by atoms with E-state index in [9.17, 15) is 8.42 Å². The molecule has 0 atom stereocenters. The van der Waals surface area contributed by atoms with E-state index in [1.54, 1.807) is 11.4 Å². The van der Waals surface area contributed by atoms with Gasteiger partial charge in [-0.15, -0.1) is 22.7 Å². The molecular formula is C8H7N3O2S4. The van der Waals surface area contributed by atoms with Crippen LogP contribution in [-0.2, 0) is 10.0 Å². The van der Waals surface area contributed by atoms with E-state index >= 15 is 0 Å². The van der Waals surface area contributed by atoms with Crippen molar-refractivity contribution in [3.05, 3.63) is 28.6 Å². The second-order valence-corrected chi connectivity index (χ2v) is 7.25. The average Bonchev–Trinajstić information content (AvgIpc) is 2.84. The zero-order valence-corrected chi connectivity index (χ0v) is 11.5. The van der Waals surface area contributed by atoms with Crippen LogP contribution in [0, 0.1) is 0 Å². The predicted molar refractivity (Wildman–Crippen MR) is 73.1 cm³/mol. The number of nitrogens with zero attached hydrogens (tertiary/aromatic N) is 1. The highest BCUT2D eigenvalue weighted by atomic mass is 32.2. The lowest BCUT2D eigenvalue weighted by molar-refractivity contribution is 0.603. The molecule has 9 heteroatoms. The minimum Gasteiger partial charge on any atom is -0.389 e. The summed E-state index contributed by atoms with van der Waals surface area (Å²) < 4.78 is 26.4. The van der Waals surface area contributed by atoms with E-state index in [-0.39, 0.29) is 9.20 Å². The van der Waals surface area contributed by atoms with Gasteiger partial charge in [0.2, 0.25) is 0 Å². The van der Waals surface area contributed by atoms with E-state index < -0.39 is 10.0 Å². The number of rotatable bonds is 4. The van der Waals surface area contributed by atoms with E-state index in [2.05, 4.69) is 9.71 Å². The highest BCUT2D eigenvalue weighted by Crippen LogP contribution is 2.24. The van der Waals surface area contributed by atoms with Gasteiger partial charge in [-0.05, 0) is 12.1 Å². The number of sulfonamides is 1. The minimum absolute atomic E-state index is 0.163. The second-order valence-electron chi connectivity index (χ2n) is 2.93. The summed E-state index contributed by atoms with van der Waals surface area (Å²) in [6, 6.07) is 3.05. The smallest absolute Gasteiger partial charge is 0.273 e. The van der Waals surface area contributed by atoms with Crippen LogP contribution >= 0.6 is 34.9 Å². The topological polar surface area (TPSA) is 85.1 Å². The van der Waals surface area contributed by atoms with Crippen LogP contribution in [-0.4, -0.2) is 18.4 Å². The van der Waals surface area contributed by atoms with Crippen molar-refractivity contribution in [3.8, 4) is 0 Å². The Morgan fingerprint density at radius 3 is 2.76 bits per heavy atom. The Kier molecular flexibility index (Phi) is 3.43. The van der Waals surface area contributed by atoms with Gasteiger partial charge in [0.25, 0.3) is 10.0 Å². The molecule has 0 aromatic carbocycles. The van der Waals surface area contributed by atoms with E-state index in [1.807, 2.05) is 0 Å². The van der Waals surface area contributed by atoms with E-state index in [0.717, 1.165) is 11.3 Å². The van der Waals surface area contributed by atoms with Gasteiger partial charge in [0.1, 0.15) is 9.20 Å². The summed E-state index contributed by atoms with van der Waals surface area (Å²) in [6.07, 6.45) is 1.53. The molecule has 2 aromatic heterocycles. The molecule has 0 saturated heterocycles. The molecule has 0 amide bonds. The summed E-state index contributed by atoms with van der Waals surface area (Å²) in [5.74, 6) is 0. The molecule has 0 radical (unpaired) electrons. The second kappa shape index (κ2) is 4.69. The van der Waals surface area contributed by atoms with Crippen LogP contribution < -0.4 is 10.5 Å². The van der Waals surface area contributed by atoms with Crippen LogP contribution in [0.25, 0.3) is 0 Å². The summed E-state index contributed by atoms with van der Waals surface area (Å²) in [7, 11) is -3.59. The largest absolute Gasteiger partial charge is 0.389 e. The van der Waals surface area contributed by atoms with Gasteiger partial charge in [-0.3, -0.25) is 4.72 Å². The SMILES string of the molecule is NC(=S)c1ccc(S(=O)(=O)Nc2nccs2)s1. The molecule has 2 rings (SSSR count). The van der Waals surface area contributed by atoms with Gasteiger partial charge in [0, 0.05) is 11.6 Å². The van der Waals surface area contributed by atoms with Gasteiger partial charge >= 0.3 is 0 Å². The number of thiophene rings is 1. The lowest BCUT2D eigenvalue weighted by atomic mass is 10.5. The van der Waals surface area contributed by atoms with Crippen LogP contribution in [0.4, 0.5) is 5.13 Å². The fraction of sp³-hybridized carbons (Fsp3) is 0. The molecule has 17 heavy (non-hydrogen) atoms. The van der Waals surface area contributed by atoms with Crippen molar-refractivity contribution in [1.29, 1.82) is 0 Å². The molecule has 0 saturated carbocycles. The predicted octanol–water partition coefficient (Wildman–Crippen LogP) is 1.64. The van der Waals surface area contributed by atoms with E-state index in [4.69, 9.17) is 18.0 Å². The molecule has 0 fully saturated rings. The standard InChI is InChI=1S/C8H7N3O2S4/c9-7(14)5-1-2-6(16-5)17(12,13)11-8-10-3-4-15-8/h1-4H,(H2,9,14)(H,10,11). The Balaban J connectivity index is 2.28. The Morgan fingerprint density at radius 2 is 2.24 bits per heavy atom. The normalized spacial score (nSPS) is 11.3. The van der Waals surface area contributed by atoms with Gasteiger partial charge in [0.05, 0.1) is 4.88 Å². The van der Waals surface area contributed by atoms with Crippen LogP contribution in [0.3, 0.4) is 0 Å². The highest BCUT2D eigenvalue weighted by Gasteiger charge is 2.18. The third-order valence-electron chi connectivity index (χ3n) is 1.74. The van der Waals surface area contributed by atoms with Crippen molar-refractivity contribution < 1.29 is 8.42 Å². The number of anilines is 1.